The molecule has 0 amide bonds. The van der Waals surface area contributed by atoms with Gasteiger partial charge in [-0.05, 0) is 40.5 Å². The van der Waals surface area contributed by atoms with Gasteiger partial charge in [0.25, 0.3) is 0 Å². The molecule has 3 atom stereocenters. The van der Waals surface area contributed by atoms with Gasteiger partial charge >= 0.3 is 11.9 Å². The number of nitrogens with two attached hydrogens (primary N) is 1. The Morgan fingerprint density at radius 3 is 2.45 bits per heavy atom. The van der Waals surface area contributed by atoms with Crippen LogP contribution in [0.1, 0.15) is 80.1 Å². The highest BCUT2D eigenvalue weighted by Crippen LogP contribution is 2.40. The third-order valence-corrected chi connectivity index (χ3v) is 8.36. The van der Waals surface area contributed by atoms with Crippen molar-refractivity contribution in [2.45, 2.75) is 104 Å². The molecule has 2 heterocycles. The molecule has 0 aromatic carbocycles. The molecular weight excluding hydrogens is 537 g/mol. The van der Waals surface area contributed by atoms with E-state index in [9.17, 15) is 14.2 Å². The Hall–Kier alpha value is -2.60. The van der Waals surface area contributed by atoms with Crippen molar-refractivity contribution in [2.75, 3.05) is 25.3 Å². The zero-order chi connectivity index (χ0) is 29.8. The number of nitrogens with zero attached hydrogens (tertiary/aromatic N) is 4. The second kappa shape index (κ2) is 16.0. The number of unbranched alkanes of at least 4 members (excludes halogenated alkanes) is 4. The van der Waals surface area contributed by atoms with Crippen molar-refractivity contribution in [2.24, 2.45) is 0 Å². The second-order valence-electron chi connectivity index (χ2n) is 10.5. The largest absolute Gasteiger partial charge is 0.465 e. The summed E-state index contributed by atoms with van der Waals surface area (Å²) in [5.74, 6) is -0.809. The number of ether oxygens (including phenoxy) is 3. The highest BCUT2D eigenvalue weighted by Gasteiger charge is 2.39. The molecule has 0 saturated carbocycles. The molecule has 0 bridgehead atoms. The highest BCUT2D eigenvalue weighted by atomic mass is 31.2. The average Bonchev–Trinajstić information content (AvgIpc) is 3.30. The number of hydrogen-bond acceptors (Lipinski definition) is 10. The van der Waals surface area contributed by atoms with E-state index in [2.05, 4.69) is 32.1 Å². The molecule has 226 valence electrons. The minimum Gasteiger partial charge on any atom is -0.465 e. The molecule has 2 rings (SSSR count). The summed E-state index contributed by atoms with van der Waals surface area (Å²) >= 11 is 0. The van der Waals surface area contributed by atoms with Crippen LogP contribution in [0.5, 0.6) is 0 Å². The van der Waals surface area contributed by atoms with Crippen molar-refractivity contribution in [1.29, 1.82) is 0 Å². The average molecular weight is 584 g/mol. The molecule has 14 heteroatoms. The van der Waals surface area contributed by atoms with Crippen LogP contribution in [0.4, 0.5) is 5.82 Å². The molecule has 0 aliphatic rings. The van der Waals surface area contributed by atoms with Gasteiger partial charge in [0.2, 0.25) is 7.44 Å². The summed E-state index contributed by atoms with van der Waals surface area (Å²) in [6.07, 6.45) is 7.66. The number of fused-ring (bicyclic) bond motifs is 1. The van der Waals surface area contributed by atoms with Crippen molar-refractivity contribution < 1.29 is 28.4 Å². The van der Waals surface area contributed by atoms with Gasteiger partial charge in [-0.15, -0.1) is 0 Å². The normalized spacial score (nSPS) is 14.9. The lowest BCUT2D eigenvalue weighted by Gasteiger charge is -2.32. The molecule has 4 N–H and O–H groups in total. The molecule has 2 aromatic rings. The summed E-state index contributed by atoms with van der Waals surface area (Å²) in [5, 5.41) is 5.75. The van der Waals surface area contributed by atoms with Crippen LogP contribution in [-0.2, 0) is 34.9 Å². The highest BCUT2D eigenvalue weighted by molar-refractivity contribution is 7.59. The van der Waals surface area contributed by atoms with Gasteiger partial charge in [0, 0.05) is 0 Å². The van der Waals surface area contributed by atoms with Crippen LogP contribution in [0.25, 0.3) is 11.2 Å². The van der Waals surface area contributed by atoms with Crippen LogP contribution in [0, 0.1) is 0 Å². The first-order valence-corrected chi connectivity index (χ1v) is 15.8. The van der Waals surface area contributed by atoms with Crippen molar-refractivity contribution in [3.8, 4) is 0 Å². The Morgan fingerprint density at radius 1 is 1.05 bits per heavy atom. The zero-order valence-corrected chi connectivity index (χ0v) is 25.5. The minimum atomic E-state index is -3.69. The standard InChI is InChI=1S/C26H46N7O6P/c1-7-9-11-12-14-38-25(35)26(5,6)32-40(36,31-20(4)24(34)37-13-10-8-2)18-39-19(3)15-33-17-30-21-22(27)28-16-29-23(21)33/h16-17,19-20H,7-15,18H2,1-6H3,(H2,27,28,29)(H2,31,32,36). The number of imidazole rings is 1. The van der Waals surface area contributed by atoms with Crippen LogP contribution in [0.15, 0.2) is 12.7 Å². The smallest absolute Gasteiger partial charge is 0.326 e. The Bertz CT molecular complexity index is 1140. The first kappa shape index (κ1) is 33.6. The van der Waals surface area contributed by atoms with Crippen LogP contribution in [0.2, 0.25) is 0 Å². The monoisotopic (exact) mass is 583 g/mol. The molecule has 13 nitrogen and oxygen atoms in total. The van der Waals surface area contributed by atoms with Gasteiger partial charge in [-0.25, -0.2) is 25.1 Å². The molecule has 0 fully saturated rings. The first-order valence-electron chi connectivity index (χ1n) is 14.0. The number of carbonyl (C=O) groups excluding carboxylic acids is 2. The summed E-state index contributed by atoms with van der Waals surface area (Å²) in [4.78, 5) is 37.8. The van der Waals surface area contributed by atoms with E-state index in [0.717, 1.165) is 38.5 Å². The number of carbonyl (C=O) groups is 2. The van der Waals surface area contributed by atoms with Gasteiger partial charge in [-0.3, -0.25) is 14.2 Å². The molecule has 3 unspecified atom stereocenters. The maximum Gasteiger partial charge on any atom is 0.326 e. The fourth-order valence-electron chi connectivity index (χ4n) is 3.87. The Morgan fingerprint density at radius 2 is 1.75 bits per heavy atom. The minimum absolute atomic E-state index is 0.273. The van der Waals surface area contributed by atoms with Crippen LogP contribution >= 0.6 is 7.44 Å². The second-order valence-corrected chi connectivity index (χ2v) is 12.7. The zero-order valence-electron chi connectivity index (χ0n) is 24.6. The summed E-state index contributed by atoms with van der Waals surface area (Å²) in [5.41, 5.74) is 5.58. The molecular formula is C26H46N7O6P. The number of rotatable bonds is 19. The summed E-state index contributed by atoms with van der Waals surface area (Å²) < 4.78 is 32.6. The SMILES string of the molecule is CCCCCCOC(=O)C(C)(C)NP(=O)(COC(C)Cn1cnc2c(N)ncnc21)NC(C)C(=O)OCCCC. The van der Waals surface area contributed by atoms with Crippen molar-refractivity contribution >= 4 is 36.4 Å². The number of aromatic nitrogens is 4. The van der Waals surface area contributed by atoms with Crippen molar-refractivity contribution in [3.05, 3.63) is 12.7 Å². The first-order chi connectivity index (χ1) is 18.9. The Balaban J connectivity index is 2.11. The number of nitrogen functional groups attached to an aromatic ring is 1. The van der Waals surface area contributed by atoms with E-state index < -0.39 is 37.1 Å². The number of anilines is 1. The van der Waals surface area contributed by atoms with Crippen LogP contribution in [0.3, 0.4) is 0 Å². The Labute approximate surface area is 236 Å². The number of esters is 2. The fraction of sp³-hybridized carbons (Fsp3) is 0.731. The molecule has 40 heavy (non-hydrogen) atoms. The van der Waals surface area contributed by atoms with Crippen LogP contribution in [-0.4, -0.2) is 68.7 Å². The Kier molecular flexibility index (Phi) is 13.4. The van der Waals surface area contributed by atoms with E-state index in [0.29, 0.717) is 17.7 Å². The molecule has 0 saturated heterocycles. The molecule has 2 aromatic heterocycles. The van der Waals surface area contributed by atoms with Gasteiger partial charge in [-0.2, -0.15) is 0 Å². The number of hydrogen-bond donors (Lipinski definition) is 3. The lowest BCUT2D eigenvalue weighted by molar-refractivity contribution is -0.149. The van der Waals surface area contributed by atoms with Gasteiger partial charge in [-0.1, -0.05) is 39.5 Å². The van der Waals surface area contributed by atoms with E-state index in [1.54, 1.807) is 38.6 Å². The van der Waals surface area contributed by atoms with E-state index in [4.69, 9.17) is 19.9 Å². The lowest BCUT2D eigenvalue weighted by Crippen LogP contribution is -2.50. The predicted octanol–water partition coefficient (Wildman–Crippen LogP) is 3.78. The van der Waals surface area contributed by atoms with Gasteiger partial charge in [0.05, 0.1) is 32.2 Å². The maximum atomic E-state index is 14.1. The van der Waals surface area contributed by atoms with Gasteiger partial charge in [0.15, 0.2) is 11.5 Å². The summed E-state index contributed by atoms with van der Waals surface area (Å²) in [7, 11) is -3.69. The van der Waals surface area contributed by atoms with E-state index in [1.807, 2.05) is 6.92 Å². The fourth-order valence-corrected chi connectivity index (χ4v) is 6.27. The quantitative estimate of drug-likeness (QED) is 0.124. The van der Waals surface area contributed by atoms with Crippen molar-refractivity contribution in [1.82, 2.24) is 29.7 Å². The predicted molar refractivity (Wildman–Crippen MR) is 154 cm³/mol. The third kappa shape index (κ3) is 10.4. The maximum absolute atomic E-state index is 14.1. The van der Waals surface area contributed by atoms with Crippen LogP contribution < -0.4 is 15.9 Å². The lowest BCUT2D eigenvalue weighted by atomic mass is 10.1. The molecule has 0 radical (unpaired) electrons. The van der Waals surface area contributed by atoms with E-state index in [-0.39, 0.29) is 25.4 Å². The number of nitrogens with one attached hydrogen (secondary N) is 2. The van der Waals surface area contributed by atoms with Gasteiger partial charge < -0.3 is 24.5 Å². The van der Waals surface area contributed by atoms with E-state index in [1.165, 1.54) is 6.33 Å². The molecule has 0 aliphatic carbocycles. The summed E-state index contributed by atoms with van der Waals surface area (Å²) in [6, 6.07) is -0.910. The van der Waals surface area contributed by atoms with Crippen molar-refractivity contribution in [3.63, 3.8) is 0 Å². The summed E-state index contributed by atoms with van der Waals surface area (Å²) in [6.45, 7) is 11.5. The topological polar surface area (TPSA) is 173 Å². The van der Waals surface area contributed by atoms with E-state index >= 15 is 0 Å². The third-order valence-electron chi connectivity index (χ3n) is 6.12. The molecule has 0 aliphatic heterocycles. The molecule has 0 spiro atoms. The van der Waals surface area contributed by atoms with Gasteiger partial charge in [0.1, 0.15) is 29.8 Å².